The molecule has 0 bridgehead atoms. The average molecular weight is 353 g/mol. The standard InChI is InChI=1S/C19H15NO4S/c20-13-15-5-3-4-14(12-15)8-9-19(21)24-17-10-11-25(22,23)18-7-2-1-6-16(17)18/h1-9,12,17H,10-11H2. The first-order valence-corrected chi connectivity index (χ1v) is 9.35. The molecule has 0 spiro atoms. The molecule has 0 N–H and O–H groups in total. The number of carbonyl (C=O) groups excluding carboxylic acids is 1. The molecule has 0 amide bonds. The average Bonchev–Trinajstić information content (AvgIpc) is 2.63. The Morgan fingerprint density at radius 1 is 1.20 bits per heavy atom. The summed E-state index contributed by atoms with van der Waals surface area (Å²) in [6.45, 7) is 0. The zero-order chi connectivity index (χ0) is 17.9. The fraction of sp³-hybridized carbons (Fsp3) is 0.158. The van der Waals surface area contributed by atoms with E-state index in [-0.39, 0.29) is 17.1 Å². The SMILES string of the molecule is N#Cc1cccc(C=CC(=O)OC2CCS(=O)(=O)c3ccccc32)c1. The Kier molecular flexibility index (Phi) is 4.68. The first-order chi connectivity index (χ1) is 12.0. The highest BCUT2D eigenvalue weighted by atomic mass is 32.2. The predicted octanol–water partition coefficient (Wildman–Crippen LogP) is 3.03. The largest absolute Gasteiger partial charge is 0.454 e. The molecule has 1 unspecified atom stereocenters. The third-order valence-corrected chi connectivity index (χ3v) is 5.75. The quantitative estimate of drug-likeness (QED) is 0.625. The minimum Gasteiger partial charge on any atom is -0.454 e. The van der Waals surface area contributed by atoms with E-state index in [1.54, 1.807) is 48.5 Å². The Labute approximate surface area is 146 Å². The highest BCUT2D eigenvalue weighted by molar-refractivity contribution is 7.91. The van der Waals surface area contributed by atoms with E-state index in [4.69, 9.17) is 10.00 Å². The van der Waals surface area contributed by atoms with Crippen LogP contribution in [0.1, 0.15) is 29.2 Å². The Balaban J connectivity index is 1.75. The van der Waals surface area contributed by atoms with Crippen LogP contribution in [-0.4, -0.2) is 20.1 Å². The molecule has 0 fully saturated rings. The molecule has 2 aromatic carbocycles. The number of fused-ring (bicyclic) bond motifs is 1. The number of carbonyl (C=O) groups is 1. The van der Waals surface area contributed by atoms with Crippen LogP contribution in [0.5, 0.6) is 0 Å². The lowest BCUT2D eigenvalue weighted by molar-refractivity contribution is -0.143. The van der Waals surface area contributed by atoms with Crippen LogP contribution in [0.4, 0.5) is 0 Å². The molecule has 1 atom stereocenters. The van der Waals surface area contributed by atoms with Crippen molar-refractivity contribution in [3.8, 4) is 6.07 Å². The molecule has 5 nitrogen and oxygen atoms in total. The molecule has 3 rings (SSSR count). The van der Waals surface area contributed by atoms with Gasteiger partial charge >= 0.3 is 5.97 Å². The fourth-order valence-electron chi connectivity index (χ4n) is 2.74. The number of rotatable bonds is 3. The Morgan fingerprint density at radius 3 is 2.80 bits per heavy atom. The molecule has 25 heavy (non-hydrogen) atoms. The summed E-state index contributed by atoms with van der Waals surface area (Å²) in [5.74, 6) is -0.600. The van der Waals surface area contributed by atoms with Crippen molar-refractivity contribution < 1.29 is 17.9 Å². The topological polar surface area (TPSA) is 84.2 Å². The monoisotopic (exact) mass is 353 g/mol. The van der Waals surface area contributed by atoms with Crippen LogP contribution in [0, 0.1) is 11.3 Å². The van der Waals surface area contributed by atoms with E-state index in [1.807, 2.05) is 6.07 Å². The second-order valence-electron chi connectivity index (χ2n) is 5.64. The number of benzene rings is 2. The number of ether oxygens (including phenoxy) is 1. The highest BCUT2D eigenvalue weighted by Crippen LogP contribution is 2.34. The van der Waals surface area contributed by atoms with Gasteiger partial charge in [-0.25, -0.2) is 13.2 Å². The van der Waals surface area contributed by atoms with Crippen LogP contribution in [0.25, 0.3) is 6.08 Å². The summed E-state index contributed by atoms with van der Waals surface area (Å²) < 4.78 is 29.6. The van der Waals surface area contributed by atoms with Gasteiger partial charge in [-0.05, 0) is 29.8 Å². The maximum atomic E-state index is 12.1. The summed E-state index contributed by atoms with van der Waals surface area (Å²) in [5, 5.41) is 8.88. The Morgan fingerprint density at radius 2 is 2.00 bits per heavy atom. The lowest BCUT2D eigenvalue weighted by atomic mass is 10.1. The molecule has 0 radical (unpaired) electrons. The van der Waals surface area contributed by atoms with E-state index in [9.17, 15) is 13.2 Å². The van der Waals surface area contributed by atoms with Gasteiger partial charge in [-0.3, -0.25) is 0 Å². The van der Waals surface area contributed by atoms with Gasteiger partial charge in [0.15, 0.2) is 9.84 Å². The minimum absolute atomic E-state index is 0.0457. The van der Waals surface area contributed by atoms with E-state index in [1.165, 1.54) is 12.1 Å². The van der Waals surface area contributed by atoms with Gasteiger partial charge in [-0.1, -0.05) is 30.3 Å². The molecule has 0 aromatic heterocycles. The number of nitriles is 1. The number of nitrogens with zero attached hydrogens (tertiary/aromatic N) is 1. The smallest absolute Gasteiger partial charge is 0.331 e. The van der Waals surface area contributed by atoms with Gasteiger partial charge < -0.3 is 4.74 Å². The number of sulfone groups is 1. The number of hydrogen-bond donors (Lipinski definition) is 0. The van der Waals surface area contributed by atoms with Gasteiger partial charge in [0, 0.05) is 18.1 Å². The number of esters is 1. The van der Waals surface area contributed by atoms with Crippen molar-refractivity contribution in [2.75, 3.05) is 5.75 Å². The lowest BCUT2D eigenvalue weighted by Gasteiger charge is -2.24. The second-order valence-corrected chi connectivity index (χ2v) is 7.72. The molecule has 0 saturated carbocycles. The predicted molar refractivity (Wildman–Crippen MR) is 92.1 cm³/mol. The van der Waals surface area contributed by atoms with Gasteiger partial charge in [0.25, 0.3) is 0 Å². The van der Waals surface area contributed by atoms with Crippen LogP contribution >= 0.6 is 0 Å². The van der Waals surface area contributed by atoms with Crippen molar-refractivity contribution in [3.63, 3.8) is 0 Å². The van der Waals surface area contributed by atoms with E-state index in [0.29, 0.717) is 16.7 Å². The maximum Gasteiger partial charge on any atom is 0.331 e. The van der Waals surface area contributed by atoms with Crippen molar-refractivity contribution >= 4 is 21.9 Å². The molecule has 2 aromatic rings. The molecule has 126 valence electrons. The fourth-order valence-corrected chi connectivity index (χ4v) is 4.32. The summed E-state index contributed by atoms with van der Waals surface area (Å²) in [4.78, 5) is 12.3. The molecule has 1 aliphatic rings. The molecular formula is C19H15NO4S. The van der Waals surface area contributed by atoms with Gasteiger partial charge in [0.2, 0.25) is 0 Å². The van der Waals surface area contributed by atoms with Crippen molar-refractivity contribution in [2.45, 2.75) is 17.4 Å². The van der Waals surface area contributed by atoms with Crippen LogP contribution in [-0.2, 0) is 19.4 Å². The summed E-state index contributed by atoms with van der Waals surface area (Å²) in [5.41, 5.74) is 1.73. The van der Waals surface area contributed by atoms with Gasteiger partial charge in [0.05, 0.1) is 22.3 Å². The molecule has 6 heteroatoms. The van der Waals surface area contributed by atoms with E-state index < -0.39 is 21.9 Å². The summed E-state index contributed by atoms with van der Waals surface area (Å²) in [7, 11) is -3.31. The minimum atomic E-state index is -3.31. The van der Waals surface area contributed by atoms with E-state index in [0.717, 1.165) is 0 Å². The Bertz CT molecular complexity index is 986. The van der Waals surface area contributed by atoms with Crippen molar-refractivity contribution in [1.82, 2.24) is 0 Å². The van der Waals surface area contributed by atoms with Crippen LogP contribution in [0.15, 0.2) is 59.5 Å². The molecule has 1 aliphatic heterocycles. The van der Waals surface area contributed by atoms with Gasteiger partial charge in [0.1, 0.15) is 6.10 Å². The molecular weight excluding hydrogens is 338 g/mol. The normalized spacial score (nSPS) is 18.3. The van der Waals surface area contributed by atoms with Crippen LogP contribution in [0.2, 0.25) is 0 Å². The lowest BCUT2D eigenvalue weighted by Crippen LogP contribution is -2.23. The third-order valence-electron chi connectivity index (χ3n) is 3.94. The van der Waals surface area contributed by atoms with E-state index >= 15 is 0 Å². The third kappa shape index (κ3) is 3.78. The maximum absolute atomic E-state index is 12.1. The zero-order valence-corrected chi connectivity index (χ0v) is 14.1. The highest BCUT2D eigenvalue weighted by Gasteiger charge is 2.31. The summed E-state index contributed by atoms with van der Waals surface area (Å²) in [6.07, 6.45) is 2.50. The first-order valence-electron chi connectivity index (χ1n) is 7.70. The van der Waals surface area contributed by atoms with Gasteiger partial charge in [-0.15, -0.1) is 0 Å². The molecule has 0 saturated heterocycles. The van der Waals surface area contributed by atoms with Crippen LogP contribution in [0.3, 0.4) is 0 Å². The van der Waals surface area contributed by atoms with Crippen molar-refractivity contribution in [2.24, 2.45) is 0 Å². The summed E-state index contributed by atoms with van der Waals surface area (Å²) in [6, 6.07) is 15.5. The van der Waals surface area contributed by atoms with Crippen molar-refractivity contribution in [1.29, 1.82) is 5.26 Å². The first kappa shape index (κ1) is 16.9. The van der Waals surface area contributed by atoms with Gasteiger partial charge in [-0.2, -0.15) is 5.26 Å². The van der Waals surface area contributed by atoms with Crippen LogP contribution < -0.4 is 0 Å². The van der Waals surface area contributed by atoms with Crippen molar-refractivity contribution in [3.05, 3.63) is 71.3 Å². The molecule has 1 heterocycles. The molecule has 0 aliphatic carbocycles. The second kappa shape index (κ2) is 6.91. The number of hydrogen-bond acceptors (Lipinski definition) is 5. The summed E-state index contributed by atoms with van der Waals surface area (Å²) >= 11 is 0. The zero-order valence-electron chi connectivity index (χ0n) is 13.3. The Hall–Kier alpha value is -2.91. The van der Waals surface area contributed by atoms with E-state index in [2.05, 4.69) is 0 Å².